The average molecular weight is 300 g/mol. The number of nitrogens with zero attached hydrogens (tertiary/aromatic N) is 1. The molecule has 16 heavy (non-hydrogen) atoms. The summed E-state index contributed by atoms with van der Waals surface area (Å²) in [5, 5.41) is 0.820. The first kappa shape index (κ1) is 11.5. The van der Waals surface area contributed by atoms with E-state index in [1.807, 2.05) is 18.2 Å². The van der Waals surface area contributed by atoms with E-state index < -0.39 is 9.84 Å². The van der Waals surface area contributed by atoms with Crippen molar-refractivity contribution in [2.24, 2.45) is 0 Å². The summed E-state index contributed by atoms with van der Waals surface area (Å²) in [6, 6.07) is 7.25. The first-order valence-electron chi connectivity index (χ1n) is 4.65. The maximum absolute atomic E-state index is 11.5. The highest BCUT2D eigenvalue weighted by Crippen LogP contribution is 2.25. The maximum atomic E-state index is 11.5. The fourth-order valence-electron chi connectivity index (χ4n) is 1.61. The van der Waals surface area contributed by atoms with Crippen molar-refractivity contribution >= 4 is 36.7 Å². The summed E-state index contributed by atoms with van der Waals surface area (Å²) < 4.78 is 23.9. The van der Waals surface area contributed by atoms with Crippen molar-refractivity contribution in [1.29, 1.82) is 0 Å². The fraction of sp³-hybridized carbons (Fsp3) is 0.182. The molecule has 0 aliphatic carbocycles. The highest BCUT2D eigenvalue weighted by Gasteiger charge is 2.13. The number of pyridine rings is 1. The van der Waals surface area contributed by atoms with Crippen LogP contribution in [0, 0.1) is 6.92 Å². The number of sulfone groups is 1. The Morgan fingerprint density at radius 3 is 2.62 bits per heavy atom. The molecule has 0 radical (unpaired) electrons. The molecule has 1 aromatic carbocycles. The van der Waals surface area contributed by atoms with Gasteiger partial charge in [-0.3, -0.25) is 4.98 Å². The lowest BCUT2D eigenvalue weighted by Crippen LogP contribution is -2.02. The van der Waals surface area contributed by atoms with E-state index in [0.717, 1.165) is 15.4 Å². The van der Waals surface area contributed by atoms with Crippen LogP contribution in [-0.4, -0.2) is 19.7 Å². The minimum absolute atomic E-state index is 0.290. The minimum Gasteiger partial charge on any atom is -0.251 e. The van der Waals surface area contributed by atoms with Crippen LogP contribution in [0.25, 0.3) is 10.9 Å². The minimum atomic E-state index is -3.22. The third-order valence-corrected chi connectivity index (χ3v) is 4.19. The Labute approximate surface area is 103 Å². The van der Waals surface area contributed by atoms with Crippen LogP contribution in [0.4, 0.5) is 0 Å². The molecule has 84 valence electrons. The van der Waals surface area contributed by atoms with Gasteiger partial charge < -0.3 is 0 Å². The molecule has 0 unspecified atom stereocenters. The van der Waals surface area contributed by atoms with E-state index in [1.54, 1.807) is 13.0 Å². The second kappa shape index (κ2) is 3.82. The number of hydrogen-bond donors (Lipinski definition) is 0. The molecule has 2 aromatic rings. The van der Waals surface area contributed by atoms with Crippen LogP contribution in [0.1, 0.15) is 5.69 Å². The zero-order chi connectivity index (χ0) is 11.9. The Morgan fingerprint density at radius 1 is 1.31 bits per heavy atom. The van der Waals surface area contributed by atoms with Crippen molar-refractivity contribution in [3.63, 3.8) is 0 Å². The Kier molecular flexibility index (Phi) is 2.75. The molecule has 1 aromatic heterocycles. The molecule has 0 spiro atoms. The molecule has 0 saturated carbocycles. The largest absolute Gasteiger partial charge is 0.251 e. The van der Waals surface area contributed by atoms with Crippen molar-refractivity contribution in [2.75, 3.05) is 6.26 Å². The summed E-state index contributed by atoms with van der Waals surface area (Å²) in [5.74, 6) is 0. The molecule has 0 fully saturated rings. The van der Waals surface area contributed by atoms with Gasteiger partial charge in [-0.2, -0.15) is 0 Å². The van der Waals surface area contributed by atoms with Crippen molar-refractivity contribution in [3.05, 3.63) is 34.4 Å². The molecule has 5 heteroatoms. The van der Waals surface area contributed by atoms with Gasteiger partial charge in [0.1, 0.15) is 0 Å². The topological polar surface area (TPSA) is 47.0 Å². The lowest BCUT2D eigenvalue weighted by molar-refractivity contribution is 0.601. The second-order valence-electron chi connectivity index (χ2n) is 3.66. The first-order valence-corrected chi connectivity index (χ1v) is 7.34. The van der Waals surface area contributed by atoms with Crippen molar-refractivity contribution in [3.8, 4) is 0 Å². The van der Waals surface area contributed by atoms with Crippen LogP contribution in [0.2, 0.25) is 0 Å². The van der Waals surface area contributed by atoms with E-state index in [-0.39, 0.29) is 4.90 Å². The standard InChI is InChI=1S/C11H10BrNO2S/c1-7-10(16(2,14)15)6-8-4-3-5-9(12)11(8)13-7/h3-6H,1-2H3. The molecule has 0 saturated heterocycles. The van der Waals surface area contributed by atoms with Crippen LogP contribution in [0.15, 0.2) is 33.6 Å². The van der Waals surface area contributed by atoms with Gasteiger partial charge in [0.2, 0.25) is 0 Å². The number of fused-ring (bicyclic) bond motifs is 1. The van der Waals surface area contributed by atoms with Gasteiger partial charge in [-0.15, -0.1) is 0 Å². The molecule has 0 aliphatic heterocycles. The summed E-state index contributed by atoms with van der Waals surface area (Å²) in [5.41, 5.74) is 1.31. The van der Waals surface area contributed by atoms with E-state index in [4.69, 9.17) is 0 Å². The van der Waals surface area contributed by atoms with Crippen molar-refractivity contribution < 1.29 is 8.42 Å². The number of rotatable bonds is 1. The molecule has 0 aliphatic rings. The molecule has 1 heterocycles. The fourth-order valence-corrected chi connectivity index (χ4v) is 3.00. The first-order chi connectivity index (χ1) is 7.39. The molecular weight excluding hydrogens is 290 g/mol. The second-order valence-corrected chi connectivity index (χ2v) is 6.49. The molecule has 0 bridgehead atoms. The summed E-state index contributed by atoms with van der Waals surface area (Å²) in [6.07, 6.45) is 1.20. The number of aromatic nitrogens is 1. The highest BCUT2D eigenvalue weighted by atomic mass is 79.9. The van der Waals surface area contributed by atoms with Crippen LogP contribution in [-0.2, 0) is 9.84 Å². The predicted octanol–water partition coefficient (Wildman–Crippen LogP) is 2.71. The average Bonchev–Trinajstić information content (AvgIpc) is 2.17. The molecular formula is C11H10BrNO2S. The lowest BCUT2D eigenvalue weighted by Gasteiger charge is -2.06. The quantitative estimate of drug-likeness (QED) is 0.813. The molecule has 2 rings (SSSR count). The summed E-state index contributed by atoms with van der Waals surface area (Å²) in [7, 11) is -3.22. The monoisotopic (exact) mass is 299 g/mol. The van der Waals surface area contributed by atoms with Gasteiger partial charge in [0, 0.05) is 16.1 Å². The lowest BCUT2D eigenvalue weighted by atomic mass is 10.2. The summed E-state index contributed by atoms with van der Waals surface area (Å²) >= 11 is 3.39. The number of aryl methyl sites for hydroxylation is 1. The third kappa shape index (κ3) is 1.97. The van der Waals surface area contributed by atoms with Gasteiger partial charge in [0.25, 0.3) is 0 Å². The van der Waals surface area contributed by atoms with Gasteiger partial charge in [0.15, 0.2) is 9.84 Å². The van der Waals surface area contributed by atoms with E-state index in [2.05, 4.69) is 20.9 Å². The van der Waals surface area contributed by atoms with Crippen molar-refractivity contribution in [1.82, 2.24) is 4.98 Å². The maximum Gasteiger partial charge on any atom is 0.177 e. The van der Waals surface area contributed by atoms with E-state index in [9.17, 15) is 8.42 Å². The number of halogens is 1. The van der Waals surface area contributed by atoms with Crippen LogP contribution in [0.3, 0.4) is 0 Å². The van der Waals surface area contributed by atoms with E-state index in [0.29, 0.717) is 5.69 Å². The summed E-state index contributed by atoms with van der Waals surface area (Å²) in [6.45, 7) is 1.70. The van der Waals surface area contributed by atoms with Crippen LogP contribution < -0.4 is 0 Å². The van der Waals surface area contributed by atoms with Crippen molar-refractivity contribution in [2.45, 2.75) is 11.8 Å². The third-order valence-electron chi connectivity index (χ3n) is 2.34. The zero-order valence-electron chi connectivity index (χ0n) is 8.86. The predicted molar refractivity (Wildman–Crippen MR) is 67.3 cm³/mol. The number of para-hydroxylation sites is 1. The van der Waals surface area contributed by atoms with E-state index in [1.165, 1.54) is 6.26 Å². The van der Waals surface area contributed by atoms with Gasteiger partial charge in [-0.05, 0) is 35.0 Å². The molecule has 3 nitrogen and oxygen atoms in total. The number of benzene rings is 1. The molecule has 0 atom stereocenters. The Bertz CT molecular complexity index is 665. The highest BCUT2D eigenvalue weighted by molar-refractivity contribution is 9.10. The van der Waals surface area contributed by atoms with E-state index >= 15 is 0 Å². The van der Waals surface area contributed by atoms with Gasteiger partial charge >= 0.3 is 0 Å². The summed E-state index contributed by atoms with van der Waals surface area (Å²) in [4.78, 5) is 4.61. The zero-order valence-corrected chi connectivity index (χ0v) is 11.3. The van der Waals surface area contributed by atoms with Gasteiger partial charge in [0.05, 0.1) is 16.1 Å². The smallest absolute Gasteiger partial charge is 0.177 e. The van der Waals surface area contributed by atoms with Crippen LogP contribution in [0.5, 0.6) is 0 Å². The van der Waals surface area contributed by atoms with Crippen LogP contribution >= 0.6 is 15.9 Å². The van der Waals surface area contributed by atoms with Gasteiger partial charge in [-0.25, -0.2) is 8.42 Å². The number of hydrogen-bond acceptors (Lipinski definition) is 3. The molecule has 0 amide bonds. The molecule has 0 N–H and O–H groups in total. The normalized spacial score (nSPS) is 11.9. The Morgan fingerprint density at radius 2 is 2.00 bits per heavy atom. The Balaban J connectivity index is 2.88. The SMILES string of the molecule is Cc1nc2c(Br)cccc2cc1S(C)(=O)=O. The Hall–Kier alpha value is -0.940. The van der Waals surface area contributed by atoms with Gasteiger partial charge in [-0.1, -0.05) is 12.1 Å².